The first-order valence-electron chi connectivity index (χ1n) is 21.3. The number of carbonyl (C=O) groups is 2. The zero-order chi connectivity index (χ0) is 43.2. The molecule has 0 aromatic heterocycles. The van der Waals surface area contributed by atoms with Crippen LogP contribution in [0, 0.1) is 79.6 Å². The van der Waals surface area contributed by atoms with Crippen LogP contribution in [-0.4, -0.2) is 131 Å². The van der Waals surface area contributed by atoms with Gasteiger partial charge in [0.25, 0.3) is 0 Å². The van der Waals surface area contributed by atoms with Crippen LogP contribution in [-0.2, 0) is 38.0 Å². The van der Waals surface area contributed by atoms with Crippen molar-refractivity contribution in [2.24, 2.45) is 41.2 Å². The van der Waals surface area contributed by atoms with Crippen molar-refractivity contribution in [3.8, 4) is 0 Å². The average Bonchev–Trinajstić information content (AvgIpc) is 3.14. The summed E-state index contributed by atoms with van der Waals surface area (Å²) in [6, 6.07) is 0. The normalized spacial score (nSPS) is 45.9. The van der Waals surface area contributed by atoms with Crippen molar-refractivity contribution in [2.75, 3.05) is 20.2 Å². The van der Waals surface area contributed by atoms with Crippen molar-refractivity contribution in [3.63, 3.8) is 0 Å². The molecule has 0 spiro atoms. The number of unbranched alkanes of at least 4 members (excludes halogenated alkanes) is 1. The number of rotatable bonds is 11. The second kappa shape index (κ2) is 22.9. The van der Waals surface area contributed by atoms with E-state index in [9.17, 15) is 30.0 Å². The molecule has 3 heterocycles. The van der Waals surface area contributed by atoms with E-state index in [4.69, 9.17) is 38.9 Å². The fourth-order valence-electron chi connectivity index (χ4n) is 9.33. The number of nitrogens with two attached hydrogens (primary N) is 1. The molecular weight excluding hydrogens is 967 g/mol. The monoisotopic (exact) mass is 1050 g/mol. The van der Waals surface area contributed by atoms with Gasteiger partial charge < -0.3 is 64.6 Å². The Morgan fingerprint density at radius 2 is 1.53 bits per heavy atom. The molecule has 0 aromatic carbocycles. The van der Waals surface area contributed by atoms with Crippen LogP contribution >= 0.6 is 0 Å². The second-order valence-corrected chi connectivity index (χ2v) is 18.3. The minimum atomic E-state index is -1.80. The molecule has 16 heteroatoms. The summed E-state index contributed by atoms with van der Waals surface area (Å²) in [5.74, 6) is -3.50. The van der Waals surface area contributed by atoms with Gasteiger partial charge in [0.1, 0.15) is 23.4 Å². The van der Waals surface area contributed by atoms with E-state index in [1.165, 1.54) is 14.0 Å². The molecule has 3 aliphatic heterocycles. The fraction of sp³-hybridized carbons (Fsp3) is 0.952. The van der Waals surface area contributed by atoms with Crippen molar-refractivity contribution in [1.29, 1.82) is 0 Å². The number of esters is 1. The topological polar surface area (TPSA) is 218 Å². The minimum Gasteiger partial charge on any atom is -0.459 e. The molecular formula is C42H78AcN2O13. The zero-order valence-corrected chi connectivity index (χ0v) is 42.3. The molecule has 7 N–H and O–H groups in total. The molecule has 0 aromatic rings. The Hall–Kier alpha value is -0.218. The first kappa shape index (κ1) is 53.9. The Labute approximate surface area is 383 Å². The van der Waals surface area contributed by atoms with Crippen LogP contribution in [0.2, 0.25) is 0 Å². The van der Waals surface area contributed by atoms with Gasteiger partial charge in [0.05, 0.1) is 42.0 Å². The van der Waals surface area contributed by atoms with Crippen LogP contribution in [0.5, 0.6) is 0 Å². The summed E-state index contributed by atoms with van der Waals surface area (Å²) in [4.78, 5) is 27.1. The number of alkyl carbamates (subject to hydrolysis) is 1. The van der Waals surface area contributed by atoms with Crippen molar-refractivity contribution >= 4 is 12.1 Å². The SMILES string of the molecule is CC[C@H]1OC(=O)[C@H](C)[C@@H](OC2CC(C)(OC)C(OC(=O)NCCCCN)C(C)O2)C(C)[C@@H](OC2OC(C)CC(C)C2O)[C@](C)(O)C[C@@H](C)[C@H](C)[C@H](C)[C@@H](O)[C@]1(C)O.[Ac]. The van der Waals surface area contributed by atoms with Gasteiger partial charge in [-0.15, -0.1) is 0 Å². The predicted molar refractivity (Wildman–Crippen MR) is 213 cm³/mol. The second-order valence-electron chi connectivity index (χ2n) is 18.3. The predicted octanol–water partition coefficient (Wildman–Crippen LogP) is 4.03. The number of aliphatic hydroxyl groups is 4. The molecule has 15 nitrogen and oxygen atoms in total. The summed E-state index contributed by atoms with van der Waals surface area (Å²) in [7, 11) is 1.52. The van der Waals surface area contributed by atoms with Gasteiger partial charge >= 0.3 is 12.1 Å². The van der Waals surface area contributed by atoms with E-state index in [0.29, 0.717) is 25.9 Å². The van der Waals surface area contributed by atoms with Gasteiger partial charge in [0.15, 0.2) is 18.7 Å². The molecule has 1 radical (unpaired) electrons. The number of cyclic esters (lactones) is 1. The van der Waals surface area contributed by atoms with Crippen molar-refractivity contribution in [3.05, 3.63) is 0 Å². The van der Waals surface area contributed by atoms with E-state index in [2.05, 4.69) is 5.32 Å². The smallest absolute Gasteiger partial charge is 0.407 e. The van der Waals surface area contributed by atoms with Crippen LogP contribution in [0.15, 0.2) is 0 Å². The number of nitrogens with one attached hydrogen (secondary N) is 1. The van der Waals surface area contributed by atoms with Gasteiger partial charge in [-0.3, -0.25) is 4.79 Å². The first-order chi connectivity index (χ1) is 26.4. The molecule has 0 aliphatic carbocycles. The summed E-state index contributed by atoms with van der Waals surface area (Å²) >= 11 is 0. The van der Waals surface area contributed by atoms with Gasteiger partial charge in [-0.05, 0) is 104 Å². The third-order valence-corrected chi connectivity index (χ3v) is 13.4. The average molecular weight is 1050 g/mol. The third kappa shape index (κ3) is 13.2. The van der Waals surface area contributed by atoms with Gasteiger partial charge in [0, 0.05) is 70.1 Å². The van der Waals surface area contributed by atoms with Gasteiger partial charge in [-0.2, -0.15) is 0 Å². The minimum absolute atomic E-state index is 0. The van der Waals surface area contributed by atoms with Gasteiger partial charge in [0.2, 0.25) is 0 Å². The summed E-state index contributed by atoms with van der Waals surface area (Å²) in [5.41, 5.74) is 1.11. The molecule has 1 amide bonds. The van der Waals surface area contributed by atoms with E-state index in [1.54, 1.807) is 34.6 Å². The molecule has 19 atom stereocenters. The molecule has 0 bridgehead atoms. The molecule has 3 fully saturated rings. The molecule has 3 aliphatic rings. The molecule has 58 heavy (non-hydrogen) atoms. The standard InChI is InChI=1S/C42H78N2O13.Ac/c1-14-30-42(12,50)34(46)26(6)25(5)23(3)20-40(10,49)35(56-38-32(45)22(2)19-24(4)52-38)27(7)33(28(8)37(47)54-30)55-31-21-41(11,51-13)36(29(9)53-31)57-39(48)44-18-16-15-17-43;/h22-36,38,45-46,49-50H,14-21,43H2,1-13H3,(H,44,48);/t22?,23-,24?,25+,26+,27?,28-,29?,30-,31?,32?,33+,34-,35-,36?,38?,40-,41?,42-;/m1./s1. The Morgan fingerprint density at radius 3 is 2.12 bits per heavy atom. The third-order valence-electron chi connectivity index (χ3n) is 13.4. The maximum absolute atomic E-state index is 14.3. The number of methoxy groups -OCH3 is 1. The van der Waals surface area contributed by atoms with Crippen LogP contribution < -0.4 is 11.1 Å². The number of hydrogen-bond donors (Lipinski definition) is 6. The van der Waals surface area contributed by atoms with Gasteiger partial charge in [-0.25, -0.2) is 4.79 Å². The maximum Gasteiger partial charge on any atom is 0.407 e. The van der Waals surface area contributed by atoms with Crippen LogP contribution in [0.3, 0.4) is 0 Å². The van der Waals surface area contributed by atoms with Crippen LogP contribution in [0.25, 0.3) is 0 Å². The maximum atomic E-state index is 14.3. The number of amides is 1. The molecule has 3 saturated heterocycles. The number of aliphatic hydroxyl groups excluding tert-OH is 2. The summed E-state index contributed by atoms with van der Waals surface area (Å²) in [5, 5.41) is 50.0. The summed E-state index contributed by atoms with van der Waals surface area (Å²) in [6.45, 7) is 22.5. The summed E-state index contributed by atoms with van der Waals surface area (Å²) < 4.78 is 43.9. The van der Waals surface area contributed by atoms with E-state index in [0.717, 1.165) is 6.42 Å². The fourth-order valence-corrected chi connectivity index (χ4v) is 9.33. The molecule has 337 valence electrons. The Morgan fingerprint density at radius 1 is 0.897 bits per heavy atom. The largest absolute Gasteiger partial charge is 0.459 e. The number of ether oxygens (including phenoxy) is 7. The first-order valence-corrected chi connectivity index (χ1v) is 21.3. The van der Waals surface area contributed by atoms with E-state index in [1.807, 2.05) is 41.5 Å². The zero-order valence-electron chi connectivity index (χ0n) is 37.5. The Kier molecular flexibility index (Phi) is 21.3. The van der Waals surface area contributed by atoms with Crippen molar-refractivity contribution in [1.82, 2.24) is 5.32 Å². The van der Waals surface area contributed by atoms with Crippen LogP contribution in [0.4, 0.5) is 4.79 Å². The molecule has 0 saturated carbocycles. The molecule has 9 unspecified atom stereocenters. The summed E-state index contributed by atoms with van der Waals surface area (Å²) in [6.07, 6.45) is -7.27. The van der Waals surface area contributed by atoms with E-state index in [-0.39, 0.29) is 87.2 Å². The van der Waals surface area contributed by atoms with Crippen molar-refractivity contribution in [2.45, 2.75) is 200 Å². The quantitative estimate of drug-likeness (QED) is 0.127. The van der Waals surface area contributed by atoms with E-state index >= 15 is 0 Å². The number of hydrogen-bond acceptors (Lipinski definition) is 14. The Balaban J connectivity index is 0.0000116. The molecule has 3 rings (SSSR count). The van der Waals surface area contributed by atoms with Crippen molar-refractivity contribution < 1.29 is 107 Å². The van der Waals surface area contributed by atoms with Crippen LogP contribution in [0.1, 0.15) is 122 Å². The van der Waals surface area contributed by atoms with Gasteiger partial charge in [-0.1, -0.05) is 41.5 Å². The Bertz CT molecular complexity index is 1280. The van der Waals surface area contributed by atoms with E-state index < -0.39 is 102 Å². The number of carbonyl (C=O) groups excluding carboxylic acids is 2.